The molecule has 39 heavy (non-hydrogen) atoms. The maximum atomic E-state index is 11.5. The van der Waals surface area contributed by atoms with Crippen LogP contribution in [0.25, 0.3) is 32.5 Å². The van der Waals surface area contributed by atoms with E-state index in [0.717, 1.165) is 68.7 Å². The molecular weight excluding hydrogens is 514 g/mol. The number of fused-ring (bicyclic) bond motifs is 2. The number of para-hydroxylation sites is 1. The second-order valence-electron chi connectivity index (χ2n) is 9.86. The smallest absolute Gasteiger partial charge is 0.410 e. The van der Waals surface area contributed by atoms with E-state index in [-0.39, 0.29) is 10.8 Å². The number of amides is 1. The van der Waals surface area contributed by atoms with E-state index in [2.05, 4.69) is 28.2 Å². The van der Waals surface area contributed by atoms with Crippen LogP contribution in [0.15, 0.2) is 34.7 Å². The summed E-state index contributed by atoms with van der Waals surface area (Å²) in [5.41, 5.74) is 13.4. The Morgan fingerprint density at radius 2 is 1.97 bits per heavy atom. The fourth-order valence-electron chi connectivity index (χ4n) is 4.98. The average molecular weight is 548 g/mol. The standard InChI is InChI=1S/C28H33N7O3S/c1-34-12-14-35(15-13-34)11-7-3-2-6-10-32-25-19(17-29)22(21-16-18-8-4-5-9-20(18)37-21)23-24(30)27(38-28(31)36)39-26(23)33-25/h4-5,8-9,16H,2-3,6-7,10-15,30H2,1H3,(H2,31,36)(H,32,33). The number of carbonyl (C=O) groups excluding carboxylic acids is 1. The first kappa shape index (κ1) is 26.7. The number of anilines is 2. The number of primary amides is 1. The van der Waals surface area contributed by atoms with Crippen molar-refractivity contribution >= 4 is 50.1 Å². The summed E-state index contributed by atoms with van der Waals surface area (Å²) in [4.78, 5) is 21.6. The fourth-order valence-corrected chi connectivity index (χ4v) is 5.94. The largest absolute Gasteiger partial charge is 0.456 e. The number of hydrogen-bond donors (Lipinski definition) is 3. The van der Waals surface area contributed by atoms with Gasteiger partial charge in [-0.15, -0.1) is 0 Å². The molecule has 0 unspecified atom stereocenters. The lowest BCUT2D eigenvalue weighted by molar-refractivity contribution is 0.152. The predicted molar refractivity (Wildman–Crippen MR) is 155 cm³/mol. The monoisotopic (exact) mass is 547 g/mol. The van der Waals surface area contributed by atoms with E-state index in [9.17, 15) is 10.1 Å². The predicted octanol–water partition coefficient (Wildman–Crippen LogP) is 4.84. The van der Waals surface area contributed by atoms with E-state index < -0.39 is 6.09 Å². The number of nitriles is 1. The number of piperazine rings is 1. The van der Waals surface area contributed by atoms with E-state index in [0.29, 0.717) is 45.0 Å². The van der Waals surface area contributed by atoms with Crippen LogP contribution in [0.5, 0.6) is 5.06 Å². The number of nitrogens with zero attached hydrogens (tertiary/aromatic N) is 4. The van der Waals surface area contributed by atoms with Crippen LogP contribution < -0.4 is 21.5 Å². The summed E-state index contributed by atoms with van der Waals surface area (Å²) in [6.07, 6.45) is 3.42. The minimum absolute atomic E-state index is 0.142. The molecule has 1 aliphatic rings. The lowest BCUT2D eigenvalue weighted by atomic mass is 10.0. The van der Waals surface area contributed by atoms with Crippen molar-refractivity contribution in [2.75, 3.05) is 57.4 Å². The molecule has 11 heteroatoms. The summed E-state index contributed by atoms with van der Waals surface area (Å²) in [5, 5.41) is 15.1. The van der Waals surface area contributed by atoms with Crippen molar-refractivity contribution in [3.8, 4) is 22.5 Å². The summed E-state index contributed by atoms with van der Waals surface area (Å²) in [5.74, 6) is 0.937. The van der Waals surface area contributed by atoms with E-state index >= 15 is 0 Å². The molecule has 4 aromatic rings. The lowest BCUT2D eigenvalue weighted by Crippen LogP contribution is -2.44. The number of ether oxygens (including phenoxy) is 1. The average Bonchev–Trinajstić information content (AvgIpc) is 3.48. The Bertz CT molecular complexity index is 1480. The SMILES string of the molecule is CN1CCN(CCCCCCNc2nc3sc(OC(N)=O)c(N)c3c(-c3cc4ccccc4o3)c2C#N)CC1. The zero-order valence-electron chi connectivity index (χ0n) is 22.0. The normalized spacial score (nSPS) is 14.6. The third-order valence-electron chi connectivity index (χ3n) is 7.11. The number of benzene rings is 1. The number of carbonyl (C=O) groups is 1. The highest BCUT2D eigenvalue weighted by Gasteiger charge is 2.26. The summed E-state index contributed by atoms with van der Waals surface area (Å²) in [7, 11) is 2.18. The minimum Gasteiger partial charge on any atom is -0.456 e. The minimum atomic E-state index is -0.968. The molecule has 1 fully saturated rings. The molecule has 0 saturated carbocycles. The maximum absolute atomic E-state index is 11.5. The number of rotatable bonds is 10. The zero-order valence-corrected chi connectivity index (χ0v) is 22.9. The topological polar surface area (TPSA) is 147 Å². The number of hydrogen-bond acceptors (Lipinski definition) is 10. The van der Waals surface area contributed by atoms with Crippen LogP contribution in [-0.4, -0.2) is 67.2 Å². The van der Waals surface area contributed by atoms with Crippen molar-refractivity contribution in [1.29, 1.82) is 5.26 Å². The molecule has 10 nitrogen and oxygen atoms in total. The van der Waals surface area contributed by atoms with Crippen LogP contribution >= 0.6 is 11.3 Å². The third-order valence-corrected chi connectivity index (χ3v) is 8.09. The highest BCUT2D eigenvalue weighted by molar-refractivity contribution is 7.21. The molecule has 1 saturated heterocycles. The number of pyridine rings is 1. The van der Waals surface area contributed by atoms with Gasteiger partial charge < -0.3 is 35.7 Å². The van der Waals surface area contributed by atoms with Gasteiger partial charge in [-0.2, -0.15) is 5.26 Å². The molecule has 0 aliphatic carbocycles. The number of aromatic nitrogens is 1. The Labute approximate surface area is 231 Å². The molecular formula is C28H33N7O3S. The van der Waals surface area contributed by atoms with Gasteiger partial charge >= 0.3 is 6.09 Å². The van der Waals surface area contributed by atoms with Crippen molar-refractivity contribution in [2.24, 2.45) is 5.73 Å². The molecule has 0 radical (unpaired) electrons. The van der Waals surface area contributed by atoms with Gasteiger partial charge in [-0.1, -0.05) is 42.4 Å². The van der Waals surface area contributed by atoms with Crippen LogP contribution in [0, 0.1) is 11.3 Å². The van der Waals surface area contributed by atoms with Crippen molar-refractivity contribution in [3.63, 3.8) is 0 Å². The quantitative estimate of drug-likeness (QED) is 0.237. The lowest BCUT2D eigenvalue weighted by Gasteiger charge is -2.32. The molecule has 0 spiro atoms. The van der Waals surface area contributed by atoms with Crippen molar-refractivity contribution in [3.05, 3.63) is 35.9 Å². The van der Waals surface area contributed by atoms with Crippen molar-refractivity contribution < 1.29 is 13.9 Å². The number of nitrogen functional groups attached to an aromatic ring is 1. The third kappa shape index (κ3) is 5.93. The number of furan rings is 1. The summed E-state index contributed by atoms with van der Waals surface area (Å²) < 4.78 is 11.3. The van der Waals surface area contributed by atoms with E-state index in [1.165, 1.54) is 6.42 Å². The van der Waals surface area contributed by atoms with Gasteiger partial charge in [0.1, 0.15) is 33.6 Å². The van der Waals surface area contributed by atoms with Gasteiger partial charge in [0.05, 0.1) is 16.6 Å². The second kappa shape index (κ2) is 11.9. The summed E-state index contributed by atoms with van der Waals surface area (Å²) in [6.45, 7) is 6.41. The number of thiophene rings is 1. The van der Waals surface area contributed by atoms with Gasteiger partial charge in [-0.3, -0.25) is 0 Å². The molecule has 0 atom stereocenters. The number of unbranched alkanes of at least 4 members (excludes halogenated alkanes) is 3. The highest BCUT2D eigenvalue weighted by atomic mass is 32.1. The number of nitrogens with one attached hydrogen (secondary N) is 1. The van der Waals surface area contributed by atoms with Crippen LogP contribution in [0.3, 0.4) is 0 Å². The first-order valence-electron chi connectivity index (χ1n) is 13.2. The molecule has 5 N–H and O–H groups in total. The molecule has 0 bridgehead atoms. The Kier molecular flexibility index (Phi) is 8.16. The Hall–Kier alpha value is -3.85. The van der Waals surface area contributed by atoms with E-state index in [1.807, 2.05) is 30.3 Å². The Morgan fingerprint density at radius 1 is 1.21 bits per heavy atom. The molecule has 1 amide bonds. The van der Waals surface area contributed by atoms with Gasteiger partial charge in [0.2, 0.25) is 5.06 Å². The second-order valence-corrected chi connectivity index (χ2v) is 10.8. The van der Waals surface area contributed by atoms with Crippen molar-refractivity contribution in [1.82, 2.24) is 14.8 Å². The maximum Gasteiger partial charge on any atom is 0.410 e. The summed E-state index contributed by atoms with van der Waals surface area (Å²) >= 11 is 1.11. The number of nitrogens with two attached hydrogens (primary N) is 2. The van der Waals surface area contributed by atoms with Crippen LogP contribution in [0.1, 0.15) is 31.2 Å². The fraction of sp³-hybridized carbons (Fsp3) is 0.393. The molecule has 1 aliphatic heterocycles. The highest BCUT2D eigenvalue weighted by Crippen LogP contribution is 2.47. The first-order valence-corrected chi connectivity index (χ1v) is 14.0. The first-order chi connectivity index (χ1) is 18.9. The molecule has 204 valence electrons. The Balaban J connectivity index is 1.34. The molecule has 1 aromatic carbocycles. The van der Waals surface area contributed by atoms with Crippen LogP contribution in [0.2, 0.25) is 0 Å². The van der Waals surface area contributed by atoms with Crippen LogP contribution in [-0.2, 0) is 0 Å². The van der Waals surface area contributed by atoms with Crippen molar-refractivity contribution in [2.45, 2.75) is 25.7 Å². The van der Waals surface area contributed by atoms with Gasteiger partial charge in [0.15, 0.2) is 0 Å². The van der Waals surface area contributed by atoms with Gasteiger partial charge in [-0.05, 0) is 38.6 Å². The molecule has 3 aromatic heterocycles. The van der Waals surface area contributed by atoms with Gasteiger partial charge in [-0.25, -0.2) is 9.78 Å². The van der Waals surface area contributed by atoms with E-state index in [1.54, 1.807) is 0 Å². The molecule has 4 heterocycles. The number of likely N-dealkylation sites (N-methyl/N-ethyl adjacent to an activating group) is 1. The van der Waals surface area contributed by atoms with Crippen LogP contribution in [0.4, 0.5) is 16.3 Å². The van der Waals surface area contributed by atoms with Gasteiger partial charge in [0, 0.05) is 38.1 Å². The summed E-state index contributed by atoms with van der Waals surface area (Å²) in [6, 6.07) is 11.8. The zero-order chi connectivity index (χ0) is 27.4. The molecule has 5 rings (SSSR count). The van der Waals surface area contributed by atoms with E-state index in [4.69, 9.17) is 25.6 Å². The Morgan fingerprint density at radius 3 is 2.72 bits per heavy atom. The van der Waals surface area contributed by atoms with Gasteiger partial charge in [0.25, 0.3) is 0 Å².